The SMILES string of the molecule is CN=C(NCC(c1cccs1)N1CCOC(C)C1)NC1CCCC1. The van der Waals surface area contributed by atoms with Crippen molar-refractivity contribution in [2.75, 3.05) is 33.3 Å². The Morgan fingerprint density at radius 3 is 2.96 bits per heavy atom. The van der Waals surface area contributed by atoms with Crippen molar-refractivity contribution < 1.29 is 4.74 Å². The Labute approximate surface area is 149 Å². The van der Waals surface area contributed by atoms with Crippen molar-refractivity contribution in [3.8, 4) is 0 Å². The van der Waals surface area contributed by atoms with Gasteiger partial charge in [0.15, 0.2) is 5.96 Å². The van der Waals surface area contributed by atoms with Crippen LogP contribution in [-0.2, 0) is 4.74 Å². The summed E-state index contributed by atoms with van der Waals surface area (Å²) in [6.07, 6.45) is 5.49. The maximum atomic E-state index is 5.72. The zero-order valence-electron chi connectivity index (χ0n) is 14.8. The fourth-order valence-electron chi connectivity index (χ4n) is 3.67. The second kappa shape index (κ2) is 8.83. The minimum atomic E-state index is 0.303. The first-order valence-electron chi connectivity index (χ1n) is 9.12. The minimum Gasteiger partial charge on any atom is -0.376 e. The lowest BCUT2D eigenvalue weighted by Crippen LogP contribution is -2.49. The summed E-state index contributed by atoms with van der Waals surface area (Å²) in [5, 5.41) is 9.30. The van der Waals surface area contributed by atoms with E-state index in [1.54, 1.807) is 0 Å². The van der Waals surface area contributed by atoms with Crippen LogP contribution in [-0.4, -0.2) is 56.3 Å². The number of morpholine rings is 1. The van der Waals surface area contributed by atoms with Crippen molar-refractivity contribution in [2.45, 2.75) is 50.8 Å². The zero-order valence-corrected chi connectivity index (χ0v) is 15.6. The van der Waals surface area contributed by atoms with Crippen LogP contribution in [0.4, 0.5) is 0 Å². The first kappa shape index (κ1) is 17.7. The van der Waals surface area contributed by atoms with Crippen molar-refractivity contribution in [2.24, 2.45) is 4.99 Å². The van der Waals surface area contributed by atoms with Gasteiger partial charge >= 0.3 is 0 Å². The van der Waals surface area contributed by atoms with Crippen LogP contribution in [0.3, 0.4) is 0 Å². The number of aliphatic imine (C=N–C) groups is 1. The van der Waals surface area contributed by atoms with Crippen LogP contribution < -0.4 is 10.6 Å². The van der Waals surface area contributed by atoms with Gasteiger partial charge in [0.1, 0.15) is 0 Å². The number of guanidine groups is 1. The lowest BCUT2D eigenvalue weighted by molar-refractivity contribution is -0.0334. The van der Waals surface area contributed by atoms with Gasteiger partial charge in [0, 0.05) is 37.6 Å². The van der Waals surface area contributed by atoms with Crippen molar-refractivity contribution in [1.82, 2.24) is 15.5 Å². The molecule has 2 atom stereocenters. The second-order valence-electron chi connectivity index (χ2n) is 6.79. The molecule has 0 amide bonds. The molecule has 0 spiro atoms. The molecule has 5 nitrogen and oxygen atoms in total. The standard InChI is InChI=1S/C18H30N4OS/c1-14-13-22(9-10-23-14)16(17-8-5-11-24-17)12-20-18(19-2)21-15-6-3-4-7-15/h5,8,11,14-16H,3-4,6-7,9-10,12-13H2,1-2H3,(H2,19,20,21). The highest BCUT2D eigenvalue weighted by atomic mass is 32.1. The topological polar surface area (TPSA) is 48.9 Å². The van der Waals surface area contributed by atoms with Crippen LogP contribution in [0.2, 0.25) is 0 Å². The molecule has 3 rings (SSSR count). The van der Waals surface area contributed by atoms with Gasteiger partial charge in [-0.2, -0.15) is 0 Å². The molecule has 134 valence electrons. The lowest BCUT2D eigenvalue weighted by Gasteiger charge is -2.37. The summed E-state index contributed by atoms with van der Waals surface area (Å²) in [5.41, 5.74) is 0. The maximum absolute atomic E-state index is 5.72. The summed E-state index contributed by atoms with van der Waals surface area (Å²) in [5.74, 6) is 0.935. The average molecular weight is 351 g/mol. The smallest absolute Gasteiger partial charge is 0.191 e. The number of nitrogens with one attached hydrogen (secondary N) is 2. The number of hydrogen-bond acceptors (Lipinski definition) is 4. The number of nitrogens with zero attached hydrogens (tertiary/aromatic N) is 2. The summed E-state index contributed by atoms with van der Waals surface area (Å²) in [4.78, 5) is 8.37. The Bertz CT molecular complexity index is 513. The third kappa shape index (κ3) is 4.71. The third-order valence-electron chi connectivity index (χ3n) is 4.97. The molecule has 24 heavy (non-hydrogen) atoms. The fraction of sp³-hybridized carbons (Fsp3) is 0.722. The molecule has 6 heteroatoms. The normalized spacial score (nSPS) is 24.9. The Kier molecular flexibility index (Phi) is 6.51. The third-order valence-corrected chi connectivity index (χ3v) is 5.94. The molecule has 2 N–H and O–H groups in total. The summed E-state index contributed by atoms with van der Waals surface area (Å²) in [7, 11) is 1.86. The largest absolute Gasteiger partial charge is 0.376 e. The van der Waals surface area contributed by atoms with Crippen molar-refractivity contribution in [3.05, 3.63) is 22.4 Å². The van der Waals surface area contributed by atoms with Gasteiger partial charge in [-0.1, -0.05) is 18.9 Å². The van der Waals surface area contributed by atoms with Crippen molar-refractivity contribution in [3.63, 3.8) is 0 Å². The van der Waals surface area contributed by atoms with Gasteiger partial charge in [-0.05, 0) is 31.2 Å². The quantitative estimate of drug-likeness (QED) is 0.633. The lowest BCUT2D eigenvalue weighted by atomic mass is 10.1. The van der Waals surface area contributed by atoms with E-state index in [4.69, 9.17) is 4.74 Å². The molecule has 1 aromatic rings. The minimum absolute atomic E-state index is 0.303. The molecule has 0 bridgehead atoms. The second-order valence-corrected chi connectivity index (χ2v) is 7.77. The Hall–Kier alpha value is -1.11. The highest BCUT2D eigenvalue weighted by Gasteiger charge is 2.26. The van der Waals surface area contributed by atoms with Gasteiger partial charge < -0.3 is 15.4 Å². The van der Waals surface area contributed by atoms with Crippen LogP contribution >= 0.6 is 11.3 Å². The van der Waals surface area contributed by atoms with Crippen molar-refractivity contribution >= 4 is 17.3 Å². The highest BCUT2D eigenvalue weighted by molar-refractivity contribution is 7.10. The van der Waals surface area contributed by atoms with E-state index in [0.717, 1.165) is 32.2 Å². The van der Waals surface area contributed by atoms with Crippen LogP contribution in [0, 0.1) is 0 Å². The van der Waals surface area contributed by atoms with E-state index in [0.29, 0.717) is 18.2 Å². The van der Waals surface area contributed by atoms with E-state index < -0.39 is 0 Å². The monoisotopic (exact) mass is 350 g/mol. The number of thiophene rings is 1. The molecule has 2 unspecified atom stereocenters. The number of hydrogen-bond donors (Lipinski definition) is 2. The molecule has 1 aliphatic carbocycles. The van der Waals surface area contributed by atoms with Crippen LogP contribution in [0.1, 0.15) is 43.5 Å². The molecule has 2 heterocycles. The Morgan fingerprint density at radius 2 is 2.29 bits per heavy atom. The molecular formula is C18H30N4OS. The molecule has 2 aliphatic rings. The van der Waals surface area contributed by atoms with Gasteiger partial charge in [0.05, 0.1) is 18.8 Å². The predicted molar refractivity (Wildman–Crippen MR) is 101 cm³/mol. The van der Waals surface area contributed by atoms with Crippen molar-refractivity contribution in [1.29, 1.82) is 0 Å². The van der Waals surface area contributed by atoms with Gasteiger partial charge in [0.2, 0.25) is 0 Å². The first-order chi connectivity index (χ1) is 11.8. The molecule has 0 radical (unpaired) electrons. The highest BCUT2D eigenvalue weighted by Crippen LogP contribution is 2.26. The van der Waals surface area contributed by atoms with Crippen LogP contribution in [0.25, 0.3) is 0 Å². The number of rotatable bonds is 5. The average Bonchev–Trinajstić information content (AvgIpc) is 3.28. The zero-order chi connectivity index (χ0) is 16.8. The fourth-order valence-corrected chi connectivity index (χ4v) is 4.53. The summed E-state index contributed by atoms with van der Waals surface area (Å²) >= 11 is 1.84. The molecule has 1 aliphatic heterocycles. The van der Waals surface area contributed by atoms with E-state index in [-0.39, 0.29) is 0 Å². The Morgan fingerprint density at radius 1 is 1.46 bits per heavy atom. The molecule has 2 fully saturated rings. The van der Waals surface area contributed by atoms with Gasteiger partial charge in [-0.25, -0.2) is 0 Å². The van der Waals surface area contributed by atoms with Gasteiger partial charge in [-0.15, -0.1) is 11.3 Å². The van der Waals surface area contributed by atoms with Gasteiger partial charge in [-0.3, -0.25) is 9.89 Å². The summed E-state index contributed by atoms with van der Waals surface area (Å²) < 4.78 is 5.72. The summed E-state index contributed by atoms with van der Waals surface area (Å²) in [6, 6.07) is 5.34. The summed E-state index contributed by atoms with van der Waals surface area (Å²) in [6.45, 7) is 5.82. The van der Waals surface area contributed by atoms with E-state index in [2.05, 4.69) is 45.0 Å². The van der Waals surface area contributed by atoms with E-state index in [9.17, 15) is 0 Å². The molecular weight excluding hydrogens is 320 g/mol. The predicted octanol–water partition coefficient (Wildman–Crippen LogP) is 2.62. The molecule has 1 aromatic heterocycles. The Balaban J connectivity index is 1.60. The molecule has 1 saturated heterocycles. The van der Waals surface area contributed by atoms with Crippen LogP contribution in [0.5, 0.6) is 0 Å². The van der Waals surface area contributed by atoms with E-state index >= 15 is 0 Å². The van der Waals surface area contributed by atoms with E-state index in [1.165, 1.54) is 30.6 Å². The molecule has 0 aromatic carbocycles. The van der Waals surface area contributed by atoms with Gasteiger partial charge in [0.25, 0.3) is 0 Å². The maximum Gasteiger partial charge on any atom is 0.191 e. The van der Waals surface area contributed by atoms with E-state index in [1.807, 2.05) is 18.4 Å². The number of ether oxygens (including phenoxy) is 1. The first-order valence-corrected chi connectivity index (χ1v) is 10.0. The van der Waals surface area contributed by atoms with Crippen LogP contribution in [0.15, 0.2) is 22.5 Å². The molecule has 1 saturated carbocycles.